The summed E-state index contributed by atoms with van der Waals surface area (Å²) in [6, 6.07) is 2.78. The molecular weight excluding hydrogens is 759 g/mol. The van der Waals surface area contributed by atoms with Gasteiger partial charge in [-0.15, -0.1) is 0 Å². The molecule has 59 heavy (non-hydrogen) atoms. The summed E-state index contributed by atoms with van der Waals surface area (Å²) in [7, 11) is 1.32. The van der Waals surface area contributed by atoms with Gasteiger partial charge in [0.25, 0.3) is 5.91 Å². The number of anilines is 1. The highest BCUT2D eigenvalue weighted by atomic mass is 16.5. The molecule has 332 valence electrons. The lowest BCUT2D eigenvalue weighted by Gasteiger charge is -2.63. The van der Waals surface area contributed by atoms with Crippen LogP contribution in [-0.4, -0.2) is 96.9 Å². The van der Waals surface area contributed by atoms with Gasteiger partial charge < -0.3 is 50.6 Å². The number of carbonyl (C=O) groups excluding carboxylic acids is 4. The third kappa shape index (κ3) is 10.9. The number of benzene rings is 1. The molecule has 10 atom stereocenters. The van der Waals surface area contributed by atoms with Gasteiger partial charge in [-0.05, 0) is 111 Å². The van der Waals surface area contributed by atoms with Crippen molar-refractivity contribution in [2.45, 2.75) is 142 Å². The summed E-state index contributed by atoms with van der Waals surface area (Å²) in [5.41, 5.74) is 4.35. The number of hydrogen-bond acceptors (Lipinski definition) is 11. The molecule has 7 N–H and O–H groups in total. The molecule has 4 aliphatic rings. The minimum Gasteiger partial charge on any atom is -0.505 e. The first-order valence-electron chi connectivity index (χ1n) is 22.1. The van der Waals surface area contributed by atoms with Crippen molar-refractivity contribution in [3.05, 3.63) is 17.7 Å². The molecule has 0 saturated heterocycles. The first kappa shape index (κ1) is 46.6. The number of ether oxygens (including phenoxy) is 4. The Morgan fingerprint density at radius 2 is 1.63 bits per heavy atom. The standard InChI is InChI=1S/C45H71N3O11/c1-6-7-8-9-18-45(4,55)36-13-10-30-29-26-35(32-25-28(49)16-19-43(32,2)31(29)17-20-44(30,36)3)59-39(52)15-14-37(50)47-21-22-57-23-24-58-27-38(51)48-33-11-12-34(56-5)40(41(33)53)42(46)54/h11-12,28-32,35-36,49,53,55H,6-10,13-27H2,1-5H3,(H2,46,54)(H,47,50)(H,48,51)/t28-,29-,30-,31-,32+,35-,36-,43+,44-,45-/m0/s1. The second kappa shape index (κ2) is 20.4. The predicted molar refractivity (Wildman–Crippen MR) is 222 cm³/mol. The van der Waals surface area contributed by atoms with Crippen LogP contribution in [0.25, 0.3) is 0 Å². The van der Waals surface area contributed by atoms with E-state index in [1.807, 2.05) is 0 Å². The van der Waals surface area contributed by atoms with Crippen LogP contribution in [0.2, 0.25) is 0 Å². The van der Waals surface area contributed by atoms with Crippen molar-refractivity contribution < 1.29 is 53.4 Å². The van der Waals surface area contributed by atoms with Crippen molar-refractivity contribution in [3.8, 4) is 11.5 Å². The van der Waals surface area contributed by atoms with Gasteiger partial charge in [0.05, 0.1) is 50.7 Å². The number of primary amides is 1. The summed E-state index contributed by atoms with van der Waals surface area (Å²) in [6.07, 6.45) is 12.1. The average molecular weight is 830 g/mol. The van der Waals surface area contributed by atoms with E-state index in [2.05, 4.69) is 38.3 Å². The normalized spacial score (nSPS) is 30.9. The number of carbonyl (C=O) groups is 4. The fraction of sp³-hybridized carbons (Fsp3) is 0.778. The van der Waals surface area contributed by atoms with E-state index in [0.29, 0.717) is 24.2 Å². The van der Waals surface area contributed by atoms with E-state index in [9.17, 15) is 34.5 Å². The largest absolute Gasteiger partial charge is 0.505 e. The number of esters is 1. The maximum absolute atomic E-state index is 13.4. The monoisotopic (exact) mass is 830 g/mol. The van der Waals surface area contributed by atoms with Crippen molar-refractivity contribution in [1.82, 2.24) is 5.32 Å². The van der Waals surface area contributed by atoms with Crippen LogP contribution < -0.4 is 21.1 Å². The molecule has 1 aromatic rings. The van der Waals surface area contributed by atoms with Crippen LogP contribution in [0.5, 0.6) is 11.5 Å². The van der Waals surface area contributed by atoms with E-state index in [1.54, 1.807) is 0 Å². The molecule has 3 amide bonds. The molecule has 5 rings (SSSR count). The molecule has 14 heteroatoms. The molecule has 0 aliphatic heterocycles. The summed E-state index contributed by atoms with van der Waals surface area (Å²) < 4.78 is 22.1. The lowest BCUT2D eigenvalue weighted by molar-refractivity contribution is -0.197. The Hall–Kier alpha value is -3.46. The van der Waals surface area contributed by atoms with Crippen LogP contribution >= 0.6 is 0 Å². The number of aliphatic hydroxyl groups excluding tert-OH is 1. The molecule has 0 bridgehead atoms. The van der Waals surface area contributed by atoms with Gasteiger partial charge in [-0.3, -0.25) is 19.2 Å². The summed E-state index contributed by atoms with van der Waals surface area (Å²) in [6.45, 7) is 9.43. The van der Waals surface area contributed by atoms with E-state index in [1.165, 1.54) is 32.1 Å². The molecule has 0 radical (unpaired) electrons. The van der Waals surface area contributed by atoms with Crippen molar-refractivity contribution in [1.29, 1.82) is 0 Å². The number of nitrogens with two attached hydrogens (primary N) is 1. The number of unbranched alkanes of at least 4 members (excludes halogenated alkanes) is 3. The second-order valence-electron chi connectivity index (χ2n) is 18.5. The molecule has 14 nitrogen and oxygen atoms in total. The highest BCUT2D eigenvalue weighted by Gasteiger charge is 2.64. The summed E-state index contributed by atoms with van der Waals surface area (Å²) in [5.74, 6) is -0.916. The number of aliphatic hydroxyl groups is 2. The summed E-state index contributed by atoms with van der Waals surface area (Å²) in [5, 5.41) is 38.2. The van der Waals surface area contributed by atoms with Gasteiger partial charge in [-0.2, -0.15) is 0 Å². The molecule has 0 spiro atoms. The van der Waals surface area contributed by atoms with E-state index < -0.39 is 35.2 Å². The Kier molecular flexibility index (Phi) is 16.1. The number of hydrogen-bond donors (Lipinski definition) is 6. The molecule has 0 aromatic heterocycles. The highest BCUT2D eigenvalue weighted by molar-refractivity contribution is 6.02. The van der Waals surface area contributed by atoms with Crippen molar-refractivity contribution >= 4 is 29.4 Å². The number of fused-ring (bicyclic) bond motifs is 5. The number of amides is 3. The molecule has 4 aliphatic carbocycles. The topological polar surface area (TPSA) is 216 Å². The fourth-order valence-corrected chi connectivity index (χ4v) is 11.9. The minimum atomic E-state index is -0.908. The second-order valence-corrected chi connectivity index (χ2v) is 18.5. The smallest absolute Gasteiger partial charge is 0.306 e. The van der Waals surface area contributed by atoms with Crippen LogP contribution in [0.15, 0.2) is 12.1 Å². The van der Waals surface area contributed by atoms with Gasteiger partial charge in [0, 0.05) is 18.9 Å². The number of rotatable bonds is 21. The summed E-state index contributed by atoms with van der Waals surface area (Å²) >= 11 is 0. The molecular formula is C45H71N3O11. The highest BCUT2D eigenvalue weighted by Crippen LogP contribution is 2.69. The zero-order valence-corrected chi connectivity index (χ0v) is 36.0. The number of aromatic hydroxyl groups is 1. The third-order valence-corrected chi connectivity index (χ3v) is 14.8. The van der Waals surface area contributed by atoms with Crippen LogP contribution in [0.3, 0.4) is 0 Å². The van der Waals surface area contributed by atoms with E-state index in [0.717, 1.165) is 64.2 Å². The van der Waals surface area contributed by atoms with Crippen LogP contribution in [-0.2, 0) is 28.6 Å². The van der Waals surface area contributed by atoms with Gasteiger partial charge in [0.2, 0.25) is 11.8 Å². The van der Waals surface area contributed by atoms with Crippen LogP contribution in [0.4, 0.5) is 5.69 Å². The van der Waals surface area contributed by atoms with Crippen LogP contribution in [0, 0.1) is 40.4 Å². The van der Waals surface area contributed by atoms with E-state index in [-0.39, 0.29) is 97.5 Å². The first-order chi connectivity index (χ1) is 28.0. The molecule has 4 saturated carbocycles. The van der Waals surface area contributed by atoms with E-state index >= 15 is 0 Å². The van der Waals surface area contributed by atoms with Crippen molar-refractivity contribution in [2.75, 3.05) is 45.4 Å². The van der Waals surface area contributed by atoms with Gasteiger partial charge in [0.1, 0.15) is 24.0 Å². The average Bonchev–Trinajstić information content (AvgIpc) is 3.56. The molecule has 4 fully saturated rings. The Morgan fingerprint density at radius 3 is 2.36 bits per heavy atom. The Labute approximate surface area is 350 Å². The Morgan fingerprint density at radius 1 is 0.898 bits per heavy atom. The fourth-order valence-electron chi connectivity index (χ4n) is 11.9. The first-order valence-corrected chi connectivity index (χ1v) is 22.1. The van der Waals surface area contributed by atoms with Crippen molar-refractivity contribution in [2.24, 2.45) is 46.2 Å². The van der Waals surface area contributed by atoms with Gasteiger partial charge in [-0.25, -0.2) is 0 Å². The maximum Gasteiger partial charge on any atom is 0.306 e. The lowest BCUT2D eigenvalue weighted by Crippen LogP contribution is -2.59. The third-order valence-electron chi connectivity index (χ3n) is 14.8. The quantitative estimate of drug-likeness (QED) is 0.0507. The van der Waals surface area contributed by atoms with Crippen molar-refractivity contribution in [3.63, 3.8) is 0 Å². The zero-order chi connectivity index (χ0) is 43.0. The molecule has 0 heterocycles. The summed E-state index contributed by atoms with van der Waals surface area (Å²) in [4.78, 5) is 50.0. The van der Waals surface area contributed by atoms with Crippen LogP contribution in [0.1, 0.15) is 134 Å². The minimum absolute atomic E-state index is 0.0131. The Balaban J connectivity index is 1.04. The number of nitrogens with one attached hydrogen (secondary N) is 2. The number of methoxy groups -OCH3 is 1. The molecule has 0 unspecified atom stereocenters. The lowest BCUT2D eigenvalue weighted by atomic mass is 9.43. The predicted octanol–water partition coefficient (Wildman–Crippen LogP) is 5.63. The van der Waals surface area contributed by atoms with E-state index in [4.69, 9.17) is 24.7 Å². The molecule has 1 aromatic carbocycles. The van der Waals surface area contributed by atoms with Gasteiger partial charge in [-0.1, -0.05) is 46.5 Å². The van der Waals surface area contributed by atoms with Gasteiger partial charge >= 0.3 is 5.97 Å². The number of phenols is 1. The maximum atomic E-state index is 13.4. The Bertz CT molecular complexity index is 1620. The SMILES string of the molecule is CCCCCC[C@](C)(O)[C@H]1CC[C@H]2[C@@H]3C[C@H](OC(=O)CCC(=O)NCCOCCOCC(=O)Nc4ccc(OC)c(C(N)=O)c4O)[C@H]4C[C@@H](O)CC[C@]4(C)[C@H]3CC[C@@]21C. The van der Waals surface area contributed by atoms with Gasteiger partial charge in [0.15, 0.2) is 5.75 Å². The zero-order valence-electron chi connectivity index (χ0n) is 36.0.